The predicted molar refractivity (Wildman–Crippen MR) is 129 cm³/mol. The number of urea groups is 1. The van der Waals surface area contributed by atoms with E-state index in [9.17, 15) is 9.90 Å². The Hall–Kier alpha value is -3.26. The van der Waals surface area contributed by atoms with E-state index in [4.69, 9.17) is 14.6 Å². The molecule has 2 N–H and O–H groups in total. The van der Waals surface area contributed by atoms with E-state index in [1.54, 1.807) is 21.3 Å². The minimum absolute atomic E-state index is 0.140. The van der Waals surface area contributed by atoms with Gasteiger partial charge in [0.25, 0.3) is 0 Å². The molecule has 0 saturated carbocycles. The van der Waals surface area contributed by atoms with Crippen LogP contribution in [0.3, 0.4) is 0 Å². The fourth-order valence-corrected chi connectivity index (χ4v) is 4.50. The van der Waals surface area contributed by atoms with Crippen LogP contribution in [0.4, 0.5) is 10.5 Å². The fraction of sp³-hybridized carbons (Fsp3) is 0.440. The van der Waals surface area contributed by atoms with Gasteiger partial charge in [0.2, 0.25) is 0 Å². The molecule has 0 spiro atoms. The number of aliphatic hydroxyl groups excluding tert-OH is 1. The Bertz CT molecular complexity index is 1030. The first-order chi connectivity index (χ1) is 15.9. The first-order valence-corrected chi connectivity index (χ1v) is 11.3. The van der Waals surface area contributed by atoms with Crippen LogP contribution in [0.25, 0.3) is 0 Å². The van der Waals surface area contributed by atoms with Crippen LogP contribution < -0.4 is 19.7 Å². The molecule has 0 bridgehead atoms. The van der Waals surface area contributed by atoms with Crippen LogP contribution in [-0.4, -0.2) is 68.4 Å². The third kappa shape index (κ3) is 4.61. The molecule has 0 radical (unpaired) electrons. The van der Waals surface area contributed by atoms with Crippen molar-refractivity contribution in [1.29, 1.82) is 0 Å². The van der Waals surface area contributed by atoms with Gasteiger partial charge in [0.15, 0.2) is 11.5 Å². The molecule has 2 aromatic carbocycles. The van der Waals surface area contributed by atoms with Gasteiger partial charge in [0.05, 0.1) is 32.1 Å². The molecule has 4 rings (SSSR count). The van der Waals surface area contributed by atoms with E-state index in [2.05, 4.69) is 22.3 Å². The first kappa shape index (κ1) is 22.9. The number of anilines is 1. The maximum Gasteiger partial charge on any atom is 0.337 e. The van der Waals surface area contributed by atoms with Crippen molar-refractivity contribution in [1.82, 2.24) is 10.3 Å². The molecule has 1 fully saturated rings. The third-order valence-corrected chi connectivity index (χ3v) is 6.40. The number of aliphatic hydroxyl groups is 1. The molecule has 2 aliphatic rings. The molecular weight excluding hydrogens is 420 g/mol. The largest absolute Gasteiger partial charge is 0.493 e. The first-order valence-electron chi connectivity index (χ1n) is 11.3. The quantitative estimate of drug-likeness (QED) is 0.745. The zero-order chi connectivity index (χ0) is 23.5. The topological polar surface area (TPSA) is 86.6 Å². The lowest BCUT2D eigenvalue weighted by Gasteiger charge is -2.31. The number of nitrogens with one attached hydrogen (secondary N) is 1. The number of nitrogens with zero attached hydrogens (tertiary/aromatic N) is 3. The third-order valence-electron chi connectivity index (χ3n) is 6.40. The van der Waals surface area contributed by atoms with Gasteiger partial charge < -0.3 is 24.8 Å². The predicted octanol–water partition coefficient (Wildman–Crippen LogP) is 3.00. The summed E-state index contributed by atoms with van der Waals surface area (Å²) in [6, 6.07) is 11.8. The standard InChI is InChI=1S/C25H32N4O4/c1-16-13-18-14-22(32-3)23(33-4)15-21(18)24(27-29(16)25(31)26-2)17-5-7-19(8-6-17)28-11-9-20(30)10-12-28/h5-8,14-16,20,30H,9-13H2,1-4H3,(H,26,31). The van der Waals surface area contributed by atoms with Gasteiger partial charge in [-0.2, -0.15) is 5.10 Å². The Kier molecular flexibility index (Phi) is 6.74. The Morgan fingerprint density at radius 1 is 1.09 bits per heavy atom. The highest BCUT2D eigenvalue weighted by Gasteiger charge is 2.28. The van der Waals surface area contributed by atoms with E-state index < -0.39 is 0 Å². The number of methoxy groups -OCH3 is 2. The van der Waals surface area contributed by atoms with Gasteiger partial charge in [-0.15, -0.1) is 0 Å². The van der Waals surface area contributed by atoms with Crippen molar-refractivity contribution in [3.8, 4) is 11.5 Å². The van der Waals surface area contributed by atoms with E-state index in [0.29, 0.717) is 23.6 Å². The highest BCUT2D eigenvalue weighted by molar-refractivity contribution is 6.14. The number of hydrazone groups is 1. The van der Waals surface area contributed by atoms with Crippen molar-refractivity contribution in [2.75, 3.05) is 39.3 Å². The van der Waals surface area contributed by atoms with Gasteiger partial charge in [-0.05, 0) is 56.0 Å². The second-order valence-corrected chi connectivity index (χ2v) is 8.53. The van der Waals surface area contributed by atoms with Gasteiger partial charge in [0.1, 0.15) is 0 Å². The Labute approximate surface area is 194 Å². The highest BCUT2D eigenvalue weighted by Crippen LogP contribution is 2.35. The maximum atomic E-state index is 12.6. The lowest BCUT2D eigenvalue weighted by molar-refractivity contribution is 0.145. The number of carbonyl (C=O) groups excluding carboxylic acids is 1. The number of hydrogen-bond acceptors (Lipinski definition) is 6. The fourth-order valence-electron chi connectivity index (χ4n) is 4.50. The summed E-state index contributed by atoms with van der Waals surface area (Å²) in [6.07, 6.45) is 1.98. The van der Waals surface area contributed by atoms with Crippen LogP contribution in [0, 0.1) is 0 Å². The number of benzene rings is 2. The van der Waals surface area contributed by atoms with Gasteiger partial charge in [-0.3, -0.25) is 0 Å². The molecule has 2 aliphatic heterocycles. The number of fused-ring (bicyclic) bond motifs is 1. The number of rotatable bonds is 4. The second kappa shape index (κ2) is 9.70. The number of carbonyl (C=O) groups is 1. The minimum Gasteiger partial charge on any atom is -0.493 e. The molecule has 1 saturated heterocycles. The van der Waals surface area contributed by atoms with Crippen LogP contribution in [0.5, 0.6) is 11.5 Å². The minimum atomic E-state index is -0.254. The zero-order valence-electron chi connectivity index (χ0n) is 19.7. The average Bonchev–Trinajstić information content (AvgIpc) is 2.98. The summed E-state index contributed by atoms with van der Waals surface area (Å²) in [5, 5.41) is 18.8. The van der Waals surface area contributed by atoms with E-state index in [-0.39, 0.29) is 18.2 Å². The van der Waals surface area contributed by atoms with E-state index in [0.717, 1.165) is 48.3 Å². The maximum absolute atomic E-state index is 12.6. The van der Waals surface area contributed by atoms with Crippen LogP contribution in [0.2, 0.25) is 0 Å². The number of ether oxygens (including phenoxy) is 2. The zero-order valence-corrected chi connectivity index (χ0v) is 19.7. The summed E-state index contributed by atoms with van der Waals surface area (Å²) >= 11 is 0. The van der Waals surface area contributed by atoms with E-state index in [1.807, 2.05) is 31.2 Å². The summed E-state index contributed by atoms with van der Waals surface area (Å²) < 4.78 is 11.1. The van der Waals surface area contributed by atoms with Gasteiger partial charge in [0, 0.05) is 37.0 Å². The van der Waals surface area contributed by atoms with E-state index in [1.165, 1.54) is 5.01 Å². The van der Waals surface area contributed by atoms with Crippen molar-refractivity contribution >= 4 is 17.4 Å². The van der Waals surface area contributed by atoms with Crippen molar-refractivity contribution < 1.29 is 19.4 Å². The van der Waals surface area contributed by atoms with Gasteiger partial charge in [-0.25, -0.2) is 9.80 Å². The Morgan fingerprint density at radius 3 is 2.33 bits per heavy atom. The summed E-state index contributed by atoms with van der Waals surface area (Å²) in [7, 11) is 4.84. The molecule has 8 heteroatoms. The molecule has 1 atom stereocenters. The SMILES string of the molecule is CNC(=O)N1N=C(c2ccc(N3CCC(O)CC3)cc2)c2cc(OC)c(OC)cc2CC1C. The van der Waals surface area contributed by atoms with Gasteiger partial charge >= 0.3 is 6.03 Å². The van der Waals surface area contributed by atoms with E-state index >= 15 is 0 Å². The molecule has 176 valence electrons. The molecular formula is C25H32N4O4. The molecule has 2 heterocycles. The summed E-state index contributed by atoms with van der Waals surface area (Å²) in [6.45, 7) is 3.66. The number of hydrogen-bond donors (Lipinski definition) is 2. The second-order valence-electron chi connectivity index (χ2n) is 8.53. The summed E-state index contributed by atoms with van der Waals surface area (Å²) in [5.41, 5.74) is 4.69. The Balaban J connectivity index is 1.77. The van der Waals surface area contributed by atoms with Crippen LogP contribution in [0.1, 0.15) is 36.5 Å². The monoisotopic (exact) mass is 452 g/mol. The molecule has 2 amide bonds. The number of piperidine rings is 1. The Morgan fingerprint density at radius 2 is 1.73 bits per heavy atom. The highest BCUT2D eigenvalue weighted by atomic mass is 16.5. The molecule has 0 aliphatic carbocycles. The molecule has 2 aromatic rings. The summed E-state index contributed by atoms with van der Waals surface area (Å²) in [5.74, 6) is 1.27. The lowest BCUT2D eigenvalue weighted by Crippen LogP contribution is -2.41. The van der Waals surface area contributed by atoms with Crippen LogP contribution >= 0.6 is 0 Å². The normalized spacial score (nSPS) is 18.8. The summed E-state index contributed by atoms with van der Waals surface area (Å²) in [4.78, 5) is 14.9. The van der Waals surface area contributed by atoms with Crippen LogP contribution in [0.15, 0.2) is 41.5 Å². The van der Waals surface area contributed by atoms with Crippen LogP contribution in [-0.2, 0) is 6.42 Å². The van der Waals surface area contributed by atoms with Gasteiger partial charge in [-0.1, -0.05) is 12.1 Å². The van der Waals surface area contributed by atoms with Crippen molar-refractivity contribution in [2.24, 2.45) is 5.10 Å². The molecule has 33 heavy (non-hydrogen) atoms. The van der Waals surface area contributed by atoms with Crippen molar-refractivity contribution in [2.45, 2.75) is 38.3 Å². The number of amides is 2. The average molecular weight is 453 g/mol. The lowest BCUT2D eigenvalue weighted by atomic mass is 9.93. The van der Waals surface area contributed by atoms with Crippen molar-refractivity contribution in [3.05, 3.63) is 53.1 Å². The molecule has 0 aromatic heterocycles. The molecule has 8 nitrogen and oxygen atoms in total. The smallest absolute Gasteiger partial charge is 0.337 e. The molecule has 1 unspecified atom stereocenters. The van der Waals surface area contributed by atoms with Crippen molar-refractivity contribution in [3.63, 3.8) is 0 Å².